The Morgan fingerprint density at radius 1 is 1.36 bits per heavy atom. The summed E-state index contributed by atoms with van der Waals surface area (Å²) in [5, 5.41) is 2.82. The van der Waals surface area contributed by atoms with Crippen LogP contribution in [0.15, 0.2) is 0 Å². The van der Waals surface area contributed by atoms with Crippen LogP contribution in [0.2, 0.25) is 0 Å². The summed E-state index contributed by atoms with van der Waals surface area (Å²) in [6.07, 6.45) is 3.38. The van der Waals surface area contributed by atoms with Gasteiger partial charge in [0.2, 0.25) is 5.91 Å². The van der Waals surface area contributed by atoms with Gasteiger partial charge in [-0.2, -0.15) is 0 Å². The lowest BCUT2D eigenvalue weighted by atomic mass is 10.3. The summed E-state index contributed by atoms with van der Waals surface area (Å²) < 4.78 is 5.20. The van der Waals surface area contributed by atoms with Crippen molar-refractivity contribution in [3.8, 4) is 0 Å². The molecule has 4 nitrogen and oxygen atoms in total. The Balaban J connectivity index is 3.11. The normalized spacial score (nSPS) is 10.1. The van der Waals surface area contributed by atoms with E-state index < -0.39 is 0 Å². The minimum Gasteiger partial charge on any atom is -0.381 e. The zero-order valence-corrected chi connectivity index (χ0v) is 9.05. The molecule has 0 aliphatic rings. The molecule has 0 fully saturated rings. The Kier molecular flexibility index (Phi) is 10.0. The highest BCUT2D eigenvalue weighted by molar-refractivity contribution is 5.75. The fourth-order valence-electron chi connectivity index (χ4n) is 0.997. The molecular weight excluding hydrogens is 180 g/mol. The molecule has 0 bridgehead atoms. The van der Waals surface area contributed by atoms with Crippen LogP contribution in [0.25, 0.3) is 0 Å². The Hall–Kier alpha value is -0.610. The van der Waals surface area contributed by atoms with Crippen LogP contribution in [0.3, 0.4) is 0 Å². The first-order valence-electron chi connectivity index (χ1n) is 5.35. The summed E-state index contributed by atoms with van der Waals surface area (Å²) in [4.78, 5) is 11.1. The zero-order chi connectivity index (χ0) is 10.6. The third-order valence-corrected chi connectivity index (χ3v) is 1.77. The molecule has 0 rings (SSSR count). The highest BCUT2D eigenvalue weighted by Crippen LogP contribution is 1.87. The number of carbonyl (C=O) groups is 1. The van der Waals surface area contributed by atoms with Crippen molar-refractivity contribution in [2.75, 3.05) is 26.3 Å². The number of nitrogens with two attached hydrogens (primary N) is 1. The largest absolute Gasteiger partial charge is 0.381 e. The zero-order valence-electron chi connectivity index (χ0n) is 9.05. The maximum Gasteiger partial charge on any atom is 0.222 e. The van der Waals surface area contributed by atoms with Crippen LogP contribution in [0.1, 0.15) is 32.6 Å². The van der Waals surface area contributed by atoms with Crippen molar-refractivity contribution in [3.63, 3.8) is 0 Å². The number of unbranched alkanes of at least 4 members (excludes halogenated alkanes) is 1. The van der Waals surface area contributed by atoms with Gasteiger partial charge in [0.15, 0.2) is 0 Å². The standard InChI is InChI=1S/C10H22N2O2/c1-2-8-14-9-5-10(13)12-7-4-3-6-11/h2-9,11H2,1H3,(H,12,13). The van der Waals surface area contributed by atoms with E-state index in [0.29, 0.717) is 19.6 Å². The number of ether oxygens (including phenoxy) is 1. The monoisotopic (exact) mass is 202 g/mol. The molecular formula is C10H22N2O2. The van der Waals surface area contributed by atoms with E-state index in [1.54, 1.807) is 0 Å². The van der Waals surface area contributed by atoms with E-state index in [9.17, 15) is 4.79 Å². The molecule has 0 aromatic heterocycles. The van der Waals surface area contributed by atoms with E-state index in [-0.39, 0.29) is 5.91 Å². The highest BCUT2D eigenvalue weighted by Gasteiger charge is 1.99. The van der Waals surface area contributed by atoms with E-state index in [4.69, 9.17) is 10.5 Å². The highest BCUT2D eigenvalue weighted by atomic mass is 16.5. The Bertz CT molecular complexity index is 126. The van der Waals surface area contributed by atoms with Crippen LogP contribution in [-0.4, -0.2) is 32.2 Å². The topological polar surface area (TPSA) is 64.3 Å². The quantitative estimate of drug-likeness (QED) is 0.540. The third-order valence-electron chi connectivity index (χ3n) is 1.77. The lowest BCUT2D eigenvalue weighted by Gasteiger charge is -2.04. The van der Waals surface area contributed by atoms with Crippen molar-refractivity contribution in [2.45, 2.75) is 32.6 Å². The Labute approximate surface area is 86.2 Å². The van der Waals surface area contributed by atoms with Crippen molar-refractivity contribution in [1.82, 2.24) is 5.32 Å². The first-order valence-corrected chi connectivity index (χ1v) is 5.35. The average molecular weight is 202 g/mol. The van der Waals surface area contributed by atoms with E-state index in [1.165, 1.54) is 0 Å². The number of rotatable bonds is 9. The van der Waals surface area contributed by atoms with Crippen LogP contribution < -0.4 is 11.1 Å². The molecule has 84 valence electrons. The lowest BCUT2D eigenvalue weighted by molar-refractivity contribution is -0.122. The second-order valence-electron chi connectivity index (χ2n) is 3.21. The average Bonchev–Trinajstić information content (AvgIpc) is 2.19. The van der Waals surface area contributed by atoms with Gasteiger partial charge in [-0.05, 0) is 25.8 Å². The Morgan fingerprint density at radius 2 is 2.14 bits per heavy atom. The fraction of sp³-hybridized carbons (Fsp3) is 0.900. The van der Waals surface area contributed by atoms with Gasteiger partial charge < -0.3 is 15.8 Å². The third kappa shape index (κ3) is 9.48. The van der Waals surface area contributed by atoms with Gasteiger partial charge in [0, 0.05) is 19.6 Å². The number of nitrogens with one attached hydrogen (secondary N) is 1. The second-order valence-corrected chi connectivity index (χ2v) is 3.21. The maximum atomic E-state index is 11.1. The number of hydrogen-bond acceptors (Lipinski definition) is 3. The van der Waals surface area contributed by atoms with Crippen molar-refractivity contribution < 1.29 is 9.53 Å². The molecule has 0 radical (unpaired) electrons. The van der Waals surface area contributed by atoms with E-state index in [0.717, 1.165) is 32.4 Å². The van der Waals surface area contributed by atoms with E-state index in [2.05, 4.69) is 5.32 Å². The van der Waals surface area contributed by atoms with Crippen molar-refractivity contribution in [3.05, 3.63) is 0 Å². The summed E-state index contributed by atoms with van der Waals surface area (Å²) >= 11 is 0. The minimum atomic E-state index is 0.0677. The summed E-state index contributed by atoms with van der Waals surface area (Å²) in [5.74, 6) is 0.0677. The summed E-state index contributed by atoms with van der Waals surface area (Å²) in [5.41, 5.74) is 5.33. The van der Waals surface area contributed by atoms with Crippen molar-refractivity contribution >= 4 is 5.91 Å². The van der Waals surface area contributed by atoms with Crippen molar-refractivity contribution in [1.29, 1.82) is 0 Å². The summed E-state index contributed by atoms with van der Waals surface area (Å²) in [6, 6.07) is 0. The molecule has 4 heteroatoms. The van der Waals surface area contributed by atoms with Crippen LogP contribution in [0.4, 0.5) is 0 Å². The number of hydrogen-bond donors (Lipinski definition) is 2. The van der Waals surface area contributed by atoms with Crippen LogP contribution >= 0.6 is 0 Å². The molecule has 3 N–H and O–H groups in total. The molecule has 1 amide bonds. The van der Waals surface area contributed by atoms with Crippen molar-refractivity contribution in [2.24, 2.45) is 5.73 Å². The molecule has 0 unspecified atom stereocenters. The van der Waals surface area contributed by atoms with Crippen LogP contribution in [0.5, 0.6) is 0 Å². The molecule has 14 heavy (non-hydrogen) atoms. The molecule has 0 atom stereocenters. The lowest BCUT2D eigenvalue weighted by Crippen LogP contribution is -2.25. The predicted molar refractivity (Wildman–Crippen MR) is 57.0 cm³/mol. The van der Waals surface area contributed by atoms with Gasteiger partial charge in [-0.3, -0.25) is 4.79 Å². The molecule has 0 spiro atoms. The summed E-state index contributed by atoms with van der Waals surface area (Å²) in [6.45, 7) is 4.73. The first-order chi connectivity index (χ1) is 6.81. The molecule has 0 saturated heterocycles. The van der Waals surface area contributed by atoms with Gasteiger partial charge in [0.1, 0.15) is 0 Å². The van der Waals surface area contributed by atoms with Gasteiger partial charge in [0.05, 0.1) is 6.61 Å². The molecule has 0 heterocycles. The first kappa shape index (κ1) is 13.4. The molecule has 0 saturated carbocycles. The van der Waals surface area contributed by atoms with Crippen LogP contribution in [0, 0.1) is 0 Å². The Morgan fingerprint density at radius 3 is 2.79 bits per heavy atom. The van der Waals surface area contributed by atoms with Gasteiger partial charge in [-0.1, -0.05) is 6.92 Å². The predicted octanol–water partition coefficient (Wildman–Crippen LogP) is 0.658. The fourth-order valence-corrected chi connectivity index (χ4v) is 0.997. The van der Waals surface area contributed by atoms with Gasteiger partial charge in [-0.15, -0.1) is 0 Å². The smallest absolute Gasteiger partial charge is 0.222 e. The van der Waals surface area contributed by atoms with Gasteiger partial charge in [0.25, 0.3) is 0 Å². The SMILES string of the molecule is CCCOCCC(=O)NCCCCN. The van der Waals surface area contributed by atoms with E-state index in [1.807, 2.05) is 6.92 Å². The van der Waals surface area contributed by atoms with Crippen LogP contribution in [-0.2, 0) is 9.53 Å². The number of carbonyl (C=O) groups excluding carboxylic acids is 1. The van der Waals surface area contributed by atoms with E-state index >= 15 is 0 Å². The molecule has 0 aliphatic heterocycles. The molecule has 0 aromatic carbocycles. The number of amides is 1. The molecule has 0 aromatic rings. The van der Waals surface area contributed by atoms with Gasteiger partial charge >= 0.3 is 0 Å². The summed E-state index contributed by atoms with van der Waals surface area (Å²) in [7, 11) is 0. The van der Waals surface area contributed by atoms with Gasteiger partial charge in [-0.25, -0.2) is 0 Å². The second kappa shape index (κ2) is 10.5. The molecule has 0 aliphatic carbocycles. The maximum absolute atomic E-state index is 11.1. The minimum absolute atomic E-state index is 0.0677.